The molecule has 1 fully saturated rings. The van der Waals surface area contributed by atoms with Gasteiger partial charge in [-0.2, -0.15) is 0 Å². The summed E-state index contributed by atoms with van der Waals surface area (Å²) < 4.78 is 6.24. The van der Waals surface area contributed by atoms with Gasteiger partial charge in [-0.25, -0.2) is 5.53 Å². The molecule has 1 aromatic heterocycles. The van der Waals surface area contributed by atoms with E-state index in [1.165, 1.54) is 0 Å². The van der Waals surface area contributed by atoms with Crippen molar-refractivity contribution in [1.29, 1.82) is 0 Å². The highest BCUT2D eigenvalue weighted by molar-refractivity contribution is 6.06. The van der Waals surface area contributed by atoms with Crippen LogP contribution in [0, 0.1) is 5.92 Å². The number of anilines is 1. The predicted molar refractivity (Wildman–Crippen MR) is 121 cm³/mol. The van der Waals surface area contributed by atoms with E-state index >= 15 is 0 Å². The van der Waals surface area contributed by atoms with E-state index < -0.39 is 5.41 Å². The highest BCUT2D eigenvalue weighted by atomic mass is 16.5. The molecule has 1 atom stereocenters. The zero-order valence-corrected chi connectivity index (χ0v) is 18.3. The Labute approximate surface area is 183 Å². The molecule has 164 valence electrons. The zero-order valence-electron chi connectivity index (χ0n) is 18.3. The first-order valence-corrected chi connectivity index (χ1v) is 10.7. The van der Waals surface area contributed by atoms with Crippen LogP contribution < -0.4 is 21.0 Å². The lowest BCUT2D eigenvalue weighted by Gasteiger charge is -2.38. The number of rotatable bonds is 5. The van der Waals surface area contributed by atoms with Crippen LogP contribution in [0.2, 0.25) is 0 Å². The third-order valence-corrected chi connectivity index (χ3v) is 6.08. The van der Waals surface area contributed by atoms with Crippen molar-refractivity contribution in [2.24, 2.45) is 11.0 Å². The smallest absolute Gasteiger partial charge is 0.232 e. The van der Waals surface area contributed by atoms with Crippen molar-refractivity contribution in [3.05, 3.63) is 53.9 Å². The van der Waals surface area contributed by atoms with E-state index in [-0.39, 0.29) is 11.8 Å². The van der Waals surface area contributed by atoms with Crippen LogP contribution in [-0.2, 0) is 10.2 Å². The number of aromatic nitrogens is 1. The van der Waals surface area contributed by atoms with Gasteiger partial charge in [0, 0.05) is 38.4 Å². The molecule has 0 bridgehead atoms. The first kappa shape index (κ1) is 21.0. The Kier molecular flexibility index (Phi) is 5.97. The summed E-state index contributed by atoms with van der Waals surface area (Å²) in [5.74, 6) is 1.94. The number of likely N-dealkylation sites (tertiary alicyclic amines) is 1. The number of fused-ring (bicyclic) bond motifs is 1. The number of amides is 1. The number of ether oxygens (including phenoxy) is 1. The summed E-state index contributed by atoms with van der Waals surface area (Å²) >= 11 is 0. The van der Waals surface area contributed by atoms with Crippen LogP contribution in [0.25, 0.3) is 0 Å². The van der Waals surface area contributed by atoms with Gasteiger partial charge in [0.1, 0.15) is 5.75 Å². The fourth-order valence-electron chi connectivity index (χ4n) is 4.26. The van der Waals surface area contributed by atoms with Crippen molar-refractivity contribution in [3.63, 3.8) is 0 Å². The second-order valence-electron chi connectivity index (χ2n) is 8.56. The van der Waals surface area contributed by atoms with Crippen molar-refractivity contribution in [3.8, 4) is 5.75 Å². The van der Waals surface area contributed by atoms with Gasteiger partial charge < -0.3 is 15.0 Å². The number of hydrogen-bond donors (Lipinski definition) is 3. The summed E-state index contributed by atoms with van der Waals surface area (Å²) in [6.45, 7) is 6.02. The molecule has 4 rings (SSSR count). The Hall–Kier alpha value is -3.29. The molecule has 0 radical (unpaired) electrons. The SMILES string of the molecule is CNC1=NNNc2cccc(OC[C@H]3CCCN(C(=O)C(C)(C)c4ccncc4)C3)c21. The van der Waals surface area contributed by atoms with Crippen molar-refractivity contribution in [2.45, 2.75) is 32.1 Å². The summed E-state index contributed by atoms with van der Waals surface area (Å²) in [5, 5.41) is 7.35. The van der Waals surface area contributed by atoms with E-state index in [4.69, 9.17) is 4.74 Å². The maximum absolute atomic E-state index is 13.3. The molecule has 1 aromatic carbocycles. The zero-order chi connectivity index (χ0) is 21.8. The lowest BCUT2D eigenvalue weighted by molar-refractivity contribution is -0.138. The molecule has 1 saturated heterocycles. The number of pyridine rings is 1. The van der Waals surface area contributed by atoms with E-state index in [0.717, 1.165) is 47.8 Å². The van der Waals surface area contributed by atoms with E-state index in [2.05, 4.69) is 26.4 Å². The second-order valence-corrected chi connectivity index (χ2v) is 8.56. The van der Waals surface area contributed by atoms with E-state index in [1.54, 1.807) is 12.4 Å². The Morgan fingerprint density at radius 1 is 1.29 bits per heavy atom. The summed E-state index contributed by atoms with van der Waals surface area (Å²) in [6, 6.07) is 9.73. The van der Waals surface area contributed by atoms with Gasteiger partial charge in [-0.15, -0.1) is 5.10 Å². The highest BCUT2D eigenvalue weighted by Gasteiger charge is 2.36. The van der Waals surface area contributed by atoms with Gasteiger partial charge in [0.25, 0.3) is 0 Å². The predicted octanol–water partition coefficient (Wildman–Crippen LogP) is 2.49. The molecule has 3 heterocycles. The molecule has 0 unspecified atom stereocenters. The minimum Gasteiger partial charge on any atom is -0.492 e. The molecule has 8 nitrogen and oxygen atoms in total. The molecule has 2 aromatic rings. The number of hydrazone groups is 1. The maximum atomic E-state index is 13.3. The number of hydrogen-bond acceptors (Lipinski definition) is 7. The van der Waals surface area contributed by atoms with Gasteiger partial charge in [0.15, 0.2) is 5.84 Å². The van der Waals surface area contributed by atoms with Crippen LogP contribution >= 0.6 is 0 Å². The van der Waals surface area contributed by atoms with Crippen LogP contribution in [0.15, 0.2) is 47.8 Å². The lowest BCUT2D eigenvalue weighted by atomic mass is 9.83. The number of carbonyl (C=O) groups is 1. The number of nitrogens with one attached hydrogen (secondary N) is 3. The number of hydrazine groups is 1. The molecular weight excluding hydrogens is 392 g/mol. The van der Waals surface area contributed by atoms with Gasteiger partial charge in [-0.3, -0.25) is 15.2 Å². The monoisotopic (exact) mass is 422 g/mol. The summed E-state index contributed by atoms with van der Waals surface area (Å²) in [4.78, 5) is 19.4. The average molecular weight is 423 g/mol. The first-order valence-electron chi connectivity index (χ1n) is 10.7. The van der Waals surface area contributed by atoms with Crippen LogP contribution in [0.1, 0.15) is 37.8 Å². The van der Waals surface area contributed by atoms with Crippen LogP contribution in [-0.4, -0.2) is 48.4 Å². The minimum absolute atomic E-state index is 0.153. The van der Waals surface area contributed by atoms with E-state index in [9.17, 15) is 4.79 Å². The van der Waals surface area contributed by atoms with Crippen molar-refractivity contribution in [1.82, 2.24) is 20.7 Å². The van der Waals surface area contributed by atoms with Gasteiger partial charge >= 0.3 is 0 Å². The van der Waals surface area contributed by atoms with Crippen LogP contribution in [0.3, 0.4) is 0 Å². The molecule has 0 saturated carbocycles. The highest BCUT2D eigenvalue weighted by Crippen LogP contribution is 2.31. The van der Waals surface area contributed by atoms with Crippen LogP contribution in [0.5, 0.6) is 5.75 Å². The van der Waals surface area contributed by atoms with Crippen molar-refractivity contribution in [2.75, 3.05) is 32.2 Å². The molecule has 3 N–H and O–H groups in total. The summed E-state index contributed by atoms with van der Waals surface area (Å²) in [7, 11) is 1.83. The van der Waals surface area contributed by atoms with Gasteiger partial charge in [-0.1, -0.05) is 6.07 Å². The largest absolute Gasteiger partial charge is 0.492 e. The molecule has 1 amide bonds. The normalized spacial score (nSPS) is 18.2. The second kappa shape index (κ2) is 8.83. The number of amidine groups is 1. The molecule has 31 heavy (non-hydrogen) atoms. The Morgan fingerprint density at radius 2 is 2.10 bits per heavy atom. The Balaban J connectivity index is 1.43. The molecule has 8 heteroatoms. The lowest BCUT2D eigenvalue weighted by Crippen LogP contribution is -2.48. The number of piperidine rings is 1. The number of carbonyl (C=O) groups excluding carboxylic acids is 1. The molecule has 0 aliphatic carbocycles. The summed E-state index contributed by atoms with van der Waals surface area (Å²) in [6.07, 6.45) is 5.50. The fraction of sp³-hybridized carbons (Fsp3) is 0.435. The van der Waals surface area contributed by atoms with Crippen LogP contribution in [0.4, 0.5) is 5.69 Å². The third kappa shape index (κ3) is 4.28. The first-order chi connectivity index (χ1) is 15.0. The average Bonchev–Trinajstić information content (AvgIpc) is 2.82. The topological polar surface area (TPSA) is 90.9 Å². The van der Waals surface area contributed by atoms with Crippen molar-refractivity contribution >= 4 is 17.4 Å². The van der Waals surface area contributed by atoms with E-state index in [0.29, 0.717) is 13.2 Å². The number of benzene rings is 1. The minimum atomic E-state index is -0.582. The van der Waals surface area contributed by atoms with Gasteiger partial charge in [0.05, 0.1) is 23.3 Å². The van der Waals surface area contributed by atoms with Gasteiger partial charge in [0.2, 0.25) is 5.91 Å². The van der Waals surface area contributed by atoms with E-state index in [1.807, 2.05) is 56.1 Å². The molecule has 2 aliphatic heterocycles. The molecular formula is C23H30N6O2. The quantitative estimate of drug-likeness (QED) is 0.686. The van der Waals surface area contributed by atoms with Gasteiger partial charge in [-0.05, 0) is 56.5 Å². The van der Waals surface area contributed by atoms with Crippen molar-refractivity contribution < 1.29 is 9.53 Å². The maximum Gasteiger partial charge on any atom is 0.232 e. The Morgan fingerprint density at radius 3 is 2.87 bits per heavy atom. The molecule has 0 spiro atoms. The Bertz CT molecular complexity index is 960. The standard InChI is InChI=1S/C23H30N6O2/c1-23(2,17-9-11-25-12-10-17)22(30)29-13-5-6-16(14-29)15-31-19-8-4-7-18-20(19)21(24-3)27-28-26-18/h4,7-12,16,26,28H,5-6,13-15H2,1-3H3,(H,24,27)/t16-/m0/s1. The fourth-order valence-corrected chi connectivity index (χ4v) is 4.26. The molecule has 2 aliphatic rings. The third-order valence-electron chi connectivity index (χ3n) is 6.08. The summed E-state index contributed by atoms with van der Waals surface area (Å²) in [5.41, 5.74) is 8.06. The number of nitrogens with zero attached hydrogens (tertiary/aromatic N) is 3.